The molecule has 0 bridgehead atoms. The molecule has 0 aliphatic carbocycles. The van der Waals surface area contributed by atoms with E-state index in [9.17, 15) is 14.4 Å². The fourth-order valence-electron chi connectivity index (χ4n) is 2.51. The highest BCUT2D eigenvalue weighted by Gasteiger charge is 2.17. The molecule has 0 aliphatic rings. The Morgan fingerprint density at radius 3 is 2.80 bits per heavy atom. The van der Waals surface area contributed by atoms with E-state index >= 15 is 0 Å². The van der Waals surface area contributed by atoms with Crippen molar-refractivity contribution in [2.75, 3.05) is 10.3 Å². The molecule has 150 valence electrons. The molecule has 3 aromatic rings. The van der Waals surface area contributed by atoms with Gasteiger partial charge in [-0.15, -0.1) is 0 Å². The largest absolute Gasteiger partial charge is 0.340 e. The second-order valence-corrected chi connectivity index (χ2v) is 6.97. The fourth-order valence-corrected chi connectivity index (χ4v) is 3.54. The number of benzene rings is 2. The van der Waals surface area contributed by atoms with Crippen molar-refractivity contribution in [3.63, 3.8) is 0 Å². The normalized spacial score (nSPS) is 10.1. The molecule has 0 saturated heterocycles. The van der Waals surface area contributed by atoms with E-state index in [2.05, 4.69) is 19.7 Å². The lowest BCUT2D eigenvalue weighted by Crippen LogP contribution is -2.40. The zero-order valence-electron chi connectivity index (χ0n) is 15.1. The molecule has 1 aromatic heterocycles. The summed E-state index contributed by atoms with van der Waals surface area (Å²) in [6.07, 6.45) is 0. The average molecular weight is 443 g/mol. The van der Waals surface area contributed by atoms with Crippen molar-refractivity contribution in [3.8, 4) is 16.5 Å². The fraction of sp³-hybridized carbons (Fsp3) is 0.0556. The van der Waals surface area contributed by atoms with Crippen molar-refractivity contribution in [2.45, 2.75) is 6.54 Å². The summed E-state index contributed by atoms with van der Waals surface area (Å²) in [6, 6.07) is 11.6. The second-order valence-electron chi connectivity index (χ2n) is 5.84. The number of anilines is 2. The molecule has 0 unspecified atom stereocenters. The molecule has 0 atom stereocenters. The topological polar surface area (TPSA) is 144 Å². The van der Waals surface area contributed by atoms with E-state index in [4.69, 9.17) is 23.0 Å². The van der Waals surface area contributed by atoms with E-state index in [1.165, 1.54) is 12.1 Å². The highest BCUT2D eigenvalue weighted by Crippen LogP contribution is 2.33. The van der Waals surface area contributed by atoms with Crippen LogP contribution in [-0.4, -0.2) is 10.4 Å². The minimum Gasteiger partial charge on any atom is -0.304 e. The SMILES string of the molecule is N#Cc1c(Cl)nsc1-c1ccc(N(N)C(=O)Nc2cc(CN=[N+]=[N-])ccc2F)cc1. The molecule has 30 heavy (non-hydrogen) atoms. The number of hydrazine groups is 1. The molecule has 0 saturated carbocycles. The van der Waals surface area contributed by atoms with Gasteiger partial charge in [-0.3, -0.25) is 0 Å². The van der Waals surface area contributed by atoms with Crippen LogP contribution in [0.5, 0.6) is 0 Å². The third-order valence-corrected chi connectivity index (χ3v) is 5.25. The lowest BCUT2D eigenvalue weighted by molar-refractivity contribution is 0.257. The molecule has 3 rings (SSSR count). The first-order chi connectivity index (χ1) is 14.4. The van der Waals surface area contributed by atoms with Gasteiger partial charge in [0.15, 0.2) is 5.15 Å². The van der Waals surface area contributed by atoms with Crippen LogP contribution >= 0.6 is 23.1 Å². The minimum atomic E-state index is -0.777. The van der Waals surface area contributed by atoms with Crippen LogP contribution in [0, 0.1) is 17.1 Å². The summed E-state index contributed by atoms with van der Waals surface area (Å²) in [7, 11) is 0. The van der Waals surface area contributed by atoms with Crippen molar-refractivity contribution < 1.29 is 9.18 Å². The highest BCUT2D eigenvalue weighted by molar-refractivity contribution is 7.10. The van der Waals surface area contributed by atoms with Gasteiger partial charge in [0.25, 0.3) is 0 Å². The number of carbonyl (C=O) groups is 1. The Bertz CT molecular complexity index is 1180. The Morgan fingerprint density at radius 2 is 2.13 bits per heavy atom. The van der Waals surface area contributed by atoms with Gasteiger partial charge in [0.2, 0.25) is 0 Å². The van der Waals surface area contributed by atoms with Gasteiger partial charge >= 0.3 is 6.03 Å². The highest BCUT2D eigenvalue weighted by atomic mass is 35.5. The summed E-state index contributed by atoms with van der Waals surface area (Å²) in [6.45, 7) is 0.0136. The zero-order valence-corrected chi connectivity index (χ0v) is 16.7. The van der Waals surface area contributed by atoms with Crippen LogP contribution in [0.25, 0.3) is 20.9 Å². The number of hydrogen-bond acceptors (Lipinski definition) is 6. The maximum absolute atomic E-state index is 14.0. The Labute approximate surface area is 178 Å². The maximum atomic E-state index is 14.0. The Hall–Kier alpha value is -3.68. The van der Waals surface area contributed by atoms with Crippen molar-refractivity contribution in [2.24, 2.45) is 11.0 Å². The van der Waals surface area contributed by atoms with Crippen LogP contribution in [0.1, 0.15) is 11.1 Å². The van der Waals surface area contributed by atoms with Gasteiger partial charge in [-0.1, -0.05) is 34.9 Å². The number of nitriles is 1. The van der Waals surface area contributed by atoms with Crippen LogP contribution in [0.2, 0.25) is 5.15 Å². The first kappa shape index (κ1) is 21.0. The molecule has 0 spiro atoms. The molecule has 0 aliphatic heterocycles. The number of amides is 2. The van der Waals surface area contributed by atoms with E-state index in [-0.39, 0.29) is 22.9 Å². The monoisotopic (exact) mass is 442 g/mol. The standard InChI is InChI=1S/C18H12ClFN8OS/c19-17-13(8-21)16(30-26-17)11-2-4-12(5-3-11)28(23)18(29)25-15-7-10(9-24-27-22)1-6-14(15)20/h1-7H,9,23H2,(H,25,29). The summed E-state index contributed by atoms with van der Waals surface area (Å²) in [5, 5.41) is 15.9. The Morgan fingerprint density at radius 1 is 1.40 bits per heavy atom. The summed E-state index contributed by atoms with van der Waals surface area (Å²) in [5.74, 6) is 5.19. The average Bonchev–Trinajstić information content (AvgIpc) is 3.14. The smallest absolute Gasteiger partial charge is 0.304 e. The number of hydrogen-bond donors (Lipinski definition) is 2. The summed E-state index contributed by atoms with van der Waals surface area (Å²) in [5.41, 5.74) is 10.1. The summed E-state index contributed by atoms with van der Waals surface area (Å²) in [4.78, 5) is 15.7. The quantitative estimate of drug-likeness (QED) is 0.140. The molecule has 2 amide bonds. The number of azide groups is 1. The molecule has 0 fully saturated rings. The van der Waals surface area contributed by atoms with E-state index in [1.807, 2.05) is 6.07 Å². The number of carbonyl (C=O) groups excluding carboxylic acids is 1. The first-order valence-corrected chi connectivity index (χ1v) is 9.40. The molecule has 1 heterocycles. The number of nitrogens with one attached hydrogen (secondary N) is 1. The van der Waals surface area contributed by atoms with Crippen LogP contribution in [0.15, 0.2) is 47.6 Å². The van der Waals surface area contributed by atoms with Gasteiger partial charge < -0.3 is 5.32 Å². The molecule has 9 nitrogen and oxygen atoms in total. The van der Waals surface area contributed by atoms with Crippen LogP contribution < -0.4 is 16.2 Å². The number of nitrogens with two attached hydrogens (primary N) is 1. The third-order valence-electron chi connectivity index (χ3n) is 3.98. The predicted molar refractivity (Wildman–Crippen MR) is 112 cm³/mol. The molecule has 2 aromatic carbocycles. The van der Waals surface area contributed by atoms with Crippen LogP contribution in [0.3, 0.4) is 0 Å². The van der Waals surface area contributed by atoms with E-state index in [0.717, 1.165) is 22.6 Å². The lowest BCUT2D eigenvalue weighted by atomic mass is 10.1. The number of urea groups is 1. The van der Waals surface area contributed by atoms with Crippen LogP contribution in [0.4, 0.5) is 20.6 Å². The Balaban J connectivity index is 1.77. The van der Waals surface area contributed by atoms with Gasteiger partial charge in [0.05, 0.1) is 22.8 Å². The lowest BCUT2D eigenvalue weighted by Gasteiger charge is -2.18. The van der Waals surface area contributed by atoms with Gasteiger partial charge in [-0.05, 0) is 52.5 Å². The zero-order chi connectivity index (χ0) is 21.7. The van der Waals surface area contributed by atoms with Gasteiger partial charge in [-0.25, -0.2) is 20.0 Å². The van der Waals surface area contributed by atoms with E-state index < -0.39 is 11.8 Å². The van der Waals surface area contributed by atoms with Gasteiger partial charge in [-0.2, -0.15) is 9.64 Å². The number of rotatable bonds is 5. The molecule has 12 heteroatoms. The number of halogens is 2. The van der Waals surface area contributed by atoms with Crippen molar-refractivity contribution in [3.05, 3.63) is 75.0 Å². The second kappa shape index (κ2) is 9.21. The summed E-state index contributed by atoms with van der Waals surface area (Å²) >= 11 is 6.97. The first-order valence-electron chi connectivity index (χ1n) is 8.25. The van der Waals surface area contributed by atoms with Crippen molar-refractivity contribution in [1.29, 1.82) is 5.26 Å². The van der Waals surface area contributed by atoms with E-state index in [1.54, 1.807) is 24.3 Å². The molecule has 3 N–H and O–H groups in total. The molecular formula is C18H12ClFN8OS. The maximum Gasteiger partial charge on any atom is 0.340 e. The number of aromatic nitrogens is 1. The van der Waals surface area contributed by atoms with Gasteiger partial charge in [0, 0.05) is 4.91 Å². The van der Waals surface area contributed by atoms with Gasteiger partial charge in [0.1, 0.15) is 17.4 Å². The predicted octanol–water partition coefficient (Wildman–Crippen LogP) is 5.20. The van der Waals surface area contributed by atoms with Crippen molar-refractivity contribution >= 4 is 40.5 Å². The Kier molecular flexibility index (Phi) is 6.46. The van der Waals surface area contributed by atoms with Crippen molar-refractivity contribution in [1.82, 2.24) is 4.37 Å². The number of nitrogens with zero attached hydrogens (tertiary/aromatic N) is 6. The summed E-state index contributed by atoms with van der Waals surface area (Å²) < 4.78 is 18.0. The molecule has 0 radical (unpaired) electrons. The van der Waals surface area contributed by atoms with E-state index in [0.29, 0.717) is 21.7 Å². The minimum absolute atomic E-state index is 0.0136. The molecular weight excluding hydrogens is 431 g/mol. The van der Waals surface area contributed by atoms with Crippen LogP contribution in [-0.2, 0) is 6.54 Å². The third kappa shape index (κ3) is 4.48.